The van der Waals surface area contributed by atoms with E-state index in [4.69, 9.17) is 10.8 Å². The standard InChI is InChI=1S/C12H17FN4O2/c1-16-4-6-17(7-5-16)15-9-3-2-8(13)11(14)10(9)12(18)19/h2-3,15H,4-7,14H2,1H3,(H,18,19). The average Bonchev–Trinajstić information content (AvgIpc) is 2.36. The SMILES string of the molecule is CN1CCN(Nc2ccc(F)c(N)c2C(=O)O)CC1. The van der Waals surface area contributed by atoms with Gasteiger partial charge in [0.2, 0.25) is 0 Å². The zero-order valence-corrected chi connectivity index (χ0v) is 10.7. The zero-order chi connectivity index (χ0) is 14.0. The maximum absolute atomic E-state index is 13.3. The molecule has 1 aliphatic rings. The normalized spacial score (nSPS) is 17.4. The molecule has 6 nitrogen and oxygen atoms in total. The molecule has 1 saturated heterocycles. The molecule has 0 unspecified atom stereocenters. The van der Waals surface area contributed by atoms with Crippen LogP contribution in [0.1, 0.15) is 10.4 Å². The number of benzene rings is 1. The van der Waals surface area contributed by atoms with Gasteiger partial charge in [-0.15, -0.1) is 0 Å². The van der Waals surface area contributed by atoms with Gasteiger partial charge in [-0.3, -0.25) is 0 Å². The fourth-order valence-corrected chi connectivity index (χ4v) is 2.01. The number of rotatable bonds is 3. The van der Waals surface area contributed by atoms with Crippen LogP contribution in [0.4, 0.5) is 15.8 Å². The Labute approximate surface area is 110 Å². The molecule has 0 amide bonds. The van der Waals surface area contributed by atoms with Crippen molar-refractivity contribution < 1.29 is 14.3 Å². The second-order valence-electron chi connectivity index (χ2n) is 4.59. The molecule has 0 saturated carbocycles. The van der Waals surface area contributed by atoms with Gasteiger partial charge in [0, 0.05) is 26.2 Å². The quantitative estimate of drug-likeness (QED) is 0.699. The largest absolute Gasteiger partial charge is 0.478 e. The Bertz CT molecular complexity index is 487. The lowest BCUT2D eigenvalue weighted by molar-refractivity contribution is 0.0698. The maximum Gasteiger partial charge on any atom is 0.340 e. The summed E-state index contributed by atoms with van der Waals surface area (Å²) in [5.41, 5.74) is 8.24. The van der Waals surface area contributed by atoms with Crippen LogP contribution in [0.3, 0.4) is 0 Å². The molecule has 0 bridgehead atoms. The van der Waals surface area contributed by atoms with E-state index in [0.29, 0.717) is 5.69 Å². The summed E-state index contributed by atoms with van der Waals surface area (Å²) in [6, 6.07) is 2.56. The molecule has 1 aliphatic heterocycles. The van der Waals surface area contributed by atoms with Crippen molar-refractivity contribution in [2.45, 2.75) is 0 Å². The molecule has 0 radical (unpaired) electrons. The van der Waals surface area contributed by atoms with E-state index in [9.17, 15) is 9.18 Å². The highest BCUT2D eigenvalue weighted by Gasteiger charge is 2.20. The Morgan fingerprint density at radius 3 is 2.58 bits per heavy atom. The summed E-state index contributed by atoms with van der Waals surface area (Å²) in [5, 5.41) is 11.0. The monoisotopic (exact) mass is 268 g/mol. The van der Waals surface area contributed by atoms with Gasteiger partial charge in [-0.25, -0.2) is 14.2 Å². The molecule has 1 aromatic rings. The second-order valence-corrected chi connectivity index (χ2v) is 4.59. The molecular formula is C12H17FN4O2. The fraction of sp³-hybridized carbons (Fsp3) is 0.417. The summed E-state index contributed by atoms with van der Waals surface area (Å²) in [6.45, 7) is 3.28. The Morgan fingerprint density at radius 1 is 1.37 bits per heavy atom. The predicted molar refractivity (Wildman–Crippen MR) is 70.5 cm³/mol. The predicted octanol–water partition coefficient (Wildman–Crippen LogP) is 0.680. The maximum atomic E-state index is 13.3. The third kappa shape index (κ3) is 2.94. The van der Waals surface area contributed by atoms with Gasteiger partial charge in [-0.2, -0.15) is 0 Å². The van der Waals surface area contributed by atoms with Crippen molar-refractivity contribution in [2.24, 2.45) is 0 Å². The Hall–Kier alpha value is -1.86. The first-order chi connectivity index (χ1) is 8.99. The summed E-state index contributed by atoms with van der Waals surface area (Å²) in [7, 11) is 2.02. The number of hydrogen-bond acceptors (Lipinski definition) is 5. The summed E-state index contributed by atoms with van der Waals surface area (Å²) in [6.07, 6.45) is 0. The second kappa shape index (κ2) is 5.41. The van der Waals surface area contributed by atoms with Gasteiger partial charge in [0.1, 0.15) is 11.4 Å². The number of carbonyl (C=O) groups is 1. The van der Waals surface area contributed by atoms with Gasteiger partial charge in [-0.1, -0.05) is 0 Å². The Balaban J connectivity index is 2.20. The van der Waals surface area contributed by atoms with E-state index in [1.54, 1.807) is 0 Å². The van der Waals surface area contributed by atoms with E-state index in [1.807, 2.05) is 12.1 Å². The molecular weight excluding hydrogens is 251 g/mol. The first-order valence-electron chi connectivity index (χ1n) is 6.00. The van der Waals surface area contributed by atoms with Crippen LogP contribution in [-0.2, 0) is 0 Å². The third-order valence-corrected chi connectivity index (χ3v) is 3.19. The van der Waals surface area contributed by atoms with Gasteiger partial charge in [0.15, 0.2) is 0 Å². The van der Waals surface area contributed by atoms with Crippen molar-refractivity contribution in [1.29, 1.82) is 0 Å². The number of piperazine rings is 1. The summed E-state index contributed by atoms with van der Waals surface area (Å²) in [4.78, 5) is 13.4. The van der Waals surface area contributed by atoms with E-state index in [0.717, 1.165) is 26.2 Å². The van der Waals surface area contributed by atoms with E-state index in [-0.39, 0.29) is 11.3 Å². The molecule has 19 heavy (non-hydrogen) atoms. The van der Waals surface area contributed by atoms with Gasteiger partial charge in [-0.05, 0) is 19.2 Å². The first-order valence-corrected chi connectivity index (χ1v) is 6.00. The fourth-order valence-electron chi connectivity index (χ4n) is 2.01. The number of carboxylic acids is 1. The van der Waals surface area contributed by atoms with Crippen molar-refractivity contribution in [3.8, 4) is 0 Å². The molecule has 104 valence electrons. The van der Waals surface area contributed by atoms with Gasteiger partial charge in [0.05, 0.1) is 11.4 Å². The van der Waals surface area contributed by atoms with Crippen LogP contribution in [0.2, 0.25) is 0 Å². The lowest BCUT2D eigenvalue weighted by Gasteiger charge is -2.33. The molecule has 1 fully saturated rings. The summed E-state index contributed by atoms with van der Waals surface area (Å²) < 4.78 is 13.3. The van der Waals surface area contributed by atoms with Crippen molar-refractivity contribution in [2.75, 3.05) is 44.4 Å². The number of carboxylic acid groups (broad SMARTS) is 1. The number of nitrogens with zero attached hydrogens (tertiary/aromatic N) is 2. The zero-order valence-electron chi connectivity index (χ0n) is 10.7. The number of likely N-dealkylation sites (N-methyl/N-ethyl adjacent to an activating group) is 1. The van der Waals surface area contributed by atoms with Gasteiger partial charge in [0.25, 0.3) is 0 Å². The minimum absolute atomic E-state index is 0.223. The van der Waals surface area contributed by atoms with Crippen LogP contribution >= 0.6 is 0 Å². The molecule has 7 heteroatoms. The Morgan fingerprint density at radius 2 is 2.00 bits per heavy atom. The number of halogens is 1. The van der Waals surface area contributed by atoms with Crippen LogP contribution < -0.4 is 11.2 Å². The number of anilines is 2. The minimum atomic E-state index is -1.24. The molecule has 4 N–H and O–H groups in total. The number of nitrogen functional groups attached to an aromatic ring is 1. The molecule has 0 spiro atoms. The number of nitrogens with two attached hydrogens (primary N) is 1. The van der Waals surface area contributed by atoms with E-state index >= 15 is 0 Å². The van der Waals surface area contributed by atoms with Gasteiger partial charge < -0.3 is 21.2 Å². The lowest BCUT2D eigenvalue weighted by Crippen LogP contribution is -2.47. The lowest BCUT2D eigenvalue weighted by atomic mass is 10.1. The molecule has 0 atom stereocenters. The number of hydrogen-bond donors (Lipinski definition) is 3. The Kier molecular flexibility index (Phi) is 3.87. The number of nitrogens with one attached hydrogen (secondary N) is 1. The molecule has 2 rings (SSSR count). The number of aromatic carboxylic acids is 1. The summed E-state index contributed by atoms with van der Waals surface area (Å²) >= 11 is 0. The highest BCUT2D eigenvalue weighted by Crippen LogP contribution is 2.25. The molecule has 1 heterocycles. The van der Waals surface area contributed by atoms with E-state index in [2.05, 4.69) is 10.3 Å². The van der Waals surface area contributed by atoms with Crippen LogP contribution in [-0.4, -0.2) is 54.2 Å². The highest BCUT2D eigenvalue weighted by molar-refractivity contribution is 5.99. The van der Waals surface area contributed by atoms with Crippen molar-refractivity contribution in [3.05, 3.63) is 23.5 Å². The van der Waals surface area contributed by atoms with Crippen LogP contribution in [0.15, 0.2) is 12.1 Å². The van der Waals surface area contributed by atoms with Crippen LogP contribution in [0.5, 0.6) is 0 Å². The highest BCUT2D eigenvalue weighted by atomic mass is 19.1. The third-order valence-electron chi connectivity index (χ3n) is 3.19. The molecule has 0 aliphatic carbocycles. The van der Waals surface area contributed by atoms with E-state index in [1.165, 1.54) is 12.1 Å². The van der Waals surface area contributed by atoms with Crippen molar-refractivity contribution >= 4 is 17.3 Å². The van der Waals surface area contributed by atoms with Crippen LogP contribution in [0.25, 0.3) is 0 Å². The molecule has 0 aromatic heterocycles. The minimum Gasteiger partial charge on any atom is -0.478 e. The summed E-state index contributed by atoms with van der Waals surface area (Å²) in [5.74, 6) is -1.96. The van der Waals surface area contributed by atoms with Crippen molar-refractivity contribution in [1.82, 2.24) is 9.91 Å². The average molecular weight is 268 g/mol. The molecule has 1 aromatic carbocycles. The van der Waals surface area contributed by atoms with E-state index < -0.39 is 11.8 Å². The van der Waals surface area contributed by atoms with Gasteiger partial charge >= 0.3 is 5.97 Å². The first kappa shape index (κ1) is 13.6. The topological polar surface area (TPSA) is 81.8 Å². The van der Waals surface area contributed by atoms with Crippen LogP contribution in [0, 0.1) is 5.82 Å². The smallest absolute Gasteiger partial charge is 0.340 e. The number of hydrazine groups is 1. The van der Waals surface area contributed by atoms with Crippen molar-refractivity contribution in [3.63, 3.8) is 0 Å².